The van der Waals surface area contributed by atoms with Crippen molar-refractivity contribution in [3.05, 3.63) is 72.9 Å². The van der Waals surface area contributed by atoms with E-state index in [1.165, 1.54) is 11.0 Å². The summed E-state index contributed by atoms with van der Waals surface area (Å²) in [5, 5.41) is 5.38. The molecule has 1 saturated heterocycles. The SMILES string of the molecule is C=C[C@@H]1C[C@]1(NC(=O)[C@@H]1C[C@@H](OCc2ccccc2)CN1C(=O)[C@@H](NC(=O)OC1CCCC1)C(=C)C)C(=O)NS(=O)(=O)N1CC=CC1. The molecule has 13 nitrogen and oxygen atoms in total. The molecule has 4 amide bonds. The van der Waals surface area contributed by atoms with Gasteiger partial charge >= 0.3 is 16.3 Å². The van der Waals surface area contributed by atoms with E-state index in [9.17, 15) is 27.6 Å². The lowest BCUT2D eigenvalue weighted by Crippen LogP contribution is -2.59. The maximum atomic E-state index is 14.0. The summed E-state index contributed by atoms with van der Waals surface area (Å²) in [5.41, 5.74) is -0.308. The fourth-order valence-electron chi connectivity index (χ4n) is 6.33. The number of carbonyl (C=O) groups excluding carboxylic acids is 4. The molecule has 4 aliphatic rings. The highest BCUT2D eigenvalue weighted by molar-refractivity contribution is 7.87. The fraction of sp³-hybridized carbons (Fsp3) is 0.515. The highest BCUT2D eigenvalue weighted by atomic mass is 32.2. The molecule has 0 unspecified atom stereocenters. The normalized spacial score (nSPS) is 26.4. The predicted octanol–water partition coefficient (Wildman–Crippen LogP) is 2.08. The van der Waals surface area contributed by atoms with Gasteiger partial charge in [-0.25, -0.2) is 9.52 Å². The molecule has 0 spiro atoms. The number of likely N-dealkylation sites (tertiary alicyclic amines) is 1. The summed E-state index contributed by atoms with van der Waals surface area (Å²) in [6.45, 7) is 9.78. The number of hydrogen-bond acceptors (Lipinski definition) is 8. The number of rotatable bonds is 13. The topological polar surface area (TPSA) is 163 Å². The quantitative estimate of drug-likeness (QED) is 0.269. The second-order valence-electron chi connectivity index (χ2n) is 12.6. The number of ether oxygens (including phenoxy) is 2. The lowest BCUT2D eigenvalue weighted by molar-refractivity contribution is -0.140. The van der Waals surface area contributed by atoms with Crippen molar-refractivity contribution in [3.8, 4) is 0 Å². The van der Waals surface area contributed by atoms with E-state index in [0.717, 1.165) is 35.6 Å². The van der Waals surface area contributed by atoms with Gasteiger partial charge in [0.2, 0.25) is 11.8 Å². The van der Waals surface area contributed by atoms with Crippen molar-refractivity contribution >= 4 is 34.0 Å². The van der Waals surface area contributed by atoms with Crippen LogP contribution in [0, 0.1) is 5.92 Å². The number of nitrogens with one attached hydrogen (secondary N) is 3. The van der Waals surface area contributed by atoms with Crippen molar-refractivity contribution in [2.45, 2.75) is 81.9 Å². The summed E-state index contributed by atoms with van der Waals surface area (Å²) >= 11 is 0. The highest BCUT2D eigenvalue weighted by Gasteiger charge is 2.61. The van der Waals surface area contributed by atoms with Crippen LogP contribution < -0.4 is 15.4 Å². The van der Waals surface area contributed by atoms with Gasteiger partial charge in [-0.05, 0) is 50.2 Å². The molecule has 0 aromatic heterocycles. The molecule has 254 valence electrons. The summed E-state index contributed by atoms with van der Waals surface area (Å²) in [6.07, 6.45) is 7.01. The highest BCUT2D eigenvalue weighted by Crippen LogP contribution is 2.45. The van der Waals surface area contributed by atoms with E-state index in [-0.39, 0.29) is 45.2 Å². The molecule has 2 aliphatic heterocycles. The van der Waals surface area contributed by atoms with Gasteiger partial charge in [0.05, 0.1) is 12.7 Å². The van der Waals surface area contributed by atoms with E-state index >= 15 is 0 Å². The second-order valence-corrected chi connectivity index (χ2v) is 14.3. The molecule has 1 aromatic carbocycles. The maximum Gasteiger partial charge on any atom is 0.408 e. The Labute approximate surface area is 275 Å². The molecule has 2 aliphatic carbocycles. The van der Waals surface area contributed by atoms with Gasteiger partial charge in [-0.15, -0.1) is 6.58 Å². The van der Waals surface area contributed by atoms with Crippen LogP contribution in [0.5, 0.6) is 0 Å². The van der Waals surface area contributed by atoms with Crippen LogP contribution in [-0.2, 0) is 40.7 Å². The number of alkyl carbamates (subject to hydrolysis) is 1. The average molecular weight is 670 g/mol. The zero-order chi connectivity index (χ0) is 33.8. The first-order chi connectivity index (χ1) is 22.4. The third-order valence-corrected chi connectivity index (χ3v) is 10.6. The Morgan fingerprint density at radius 1 is 1.09 bits per heavy atom. The number of amides is 4. The third kappa shape index (κ3) is 7.94. The lowest BCUT2D eigenvalue weighted by Gasteiger charge is -2.30. The first-order valence-electron chi connectivity index (χ1n) is 15.9. The number of hydrogen-bond donors (Lipinski definition) is 3. The van der Waals surface area contributed by atoms with E-state index < -0.39 is 63.7 Å². The summed E-state index contributed by atoms with van der Waals surface area (Å²) in [5.74, 6) is -2.64. The molecule has 47 heavy (non-hydrogen) atoms. The average Bonchev–Trinajstić information content (AvgIpc) is 3.55. The van der Waals surface area contributed by atoms with Gasteiger partial charge in [-0.1, -0.05) is 55.1 Å². The molecular weight excluding hydrogens is 626 g/mol. The largest absolute Gasteiger partial charge is 0.446 e. The minimum absolute atomic E-state index is 0.0350. The Morgan fingerprint density at radius 2 is 1.77 bits per heavy atom. The van der Waals surface area contributed by atoms with Crippen LogP contribution in [0.2, 0.25) is 0 Å². The van der Waals surface area contributed by atoms with Gasteiger partial charge in [0.1, 0.15) is 23.7 Å². The van der Waals surface area contributed by atoms with E-state index in [1.54, 1.807) is 19.1 Å². The molecule has 3 fully saturated rings. The minimum atomic E-state index is -4.16. The molecular formula is C33H43N5O8S. The zero-order valence-electron chi connectivity index (χ0n) is 26.6. The van der Waals surface area contributed by atoms with E-state index in [1.807, 2.05) is 30.3 Å². The van der Waals surface area contributed by atoms with Gasteiger partial charge in [-0.3, -0.25) is 14.4 Å². The number of carbonyl (C=O) groups is 4. The second kappa shape index (κ2) is 14.4. The van der Waals surface area contributed by atoms with Crippen molar-refractivity contribution in [1.82, 2.24) is 24.6 Å². The zero-order valence-corrected chi connectivity index (χ0v) is 27.4. The summed E-state index contributed by atoms with van der Waals surface area (Å²) in [4.78, 5) is 55.6. The number of benzene rings is 1. The Bertz CT molecular complexity index is 1520. The smallest absolute Gasteiger partial charge is 0.408 e. The molecule has 5 rings (SSSR count). The Kier molecular flexibility index (Phi) is 10.5. The Morgan fingerprint density at radius 3 is 2.38 bits per heavy atom. The summed E-state index contributed by atoms with van der Waals surface area (Å²) in [6, 6.07) is 7.17. The fourth-order valence-corrected chi connectivity index (χ4v) is 7.44. The molecule has 3 N–H and O–H groups in total. The van der Waals surface area contributed by atoms with Crippen LogP contribution in [0.1, 0.15) is 51.0 Å². The molecule has 1 aromatic rings. The number of nitrogens with zero attached hydrogens (tertiary/aromatic N) is 2. The van der Waals surface area contributed by atoms with Crippen molar-refractivity contribution in [2.24, 2.45) is 5.92 Å². The van der Waals surface area contributed by atoms with Crippen LogP contribution in [0.15, 0.2) is 67.3 Å². The molecule has 2 heterocycles. The van der Waals surface area contributed by atoms with Gasteiger partial charge in [0, 0.05) is 32.0 Å². The molecule has 5 atom stereocenters. The predicted molar refractivity (Wildman–Crippen MR) is 173 cm³/mol. The van der Waals surface area contributed by atoms with Crippen LogP contribution in [-0.4, -0.2) is 90.9 Å². The standard InChI is InChI=1S/C33H43N5O8S/c1-4-24-19-33(24,31(41)36-47(43,44)37-16-10-11-17-37)35-29(39)27-18-26(45-21-23-12-6-5-7-13-23)20-38(27)30(40)28(22(2)3)34-32(42)46-25-14-8-9-15-25/h4-7,10-13,24-28H,1-2,8-9,14-21H2,3H3,(H,34,42)(H,35,39)(H,36,41)/t24-,26-,27+,28+,33-/m1/s1. The van der Waals surface area contributed by atoms with Crippen LogP contribution in [0.25, 0.3) is 0 Å². The van der Waals surface area contributed by atoms with Crippen LogP contribution >= 0.6 is 0 Å². The first kappa shape index (κ1) is 34.3. The van der Waals surface area contributed by atoms with Crippen LogP contribution in [0.3, 0.4) is 0 Å². The first-order valence-corrected chi connectivity index (χ1v) is 17.4. The van der Waals surface area contributed by atoms with Crippen molar-refractivity contribution in [2.75, 3.05) is 19.6 Å². The van der Waals surface area contributed by atoms with Crippen molar-refractivity contribution in [3.63, 3.8) is 0 Å². The van der Waals surface area contributed by atoms with Crippen molar-refractivity contribution in [1.29, 1.82) is 0 Å². The third-order valence-electron chi connectivity index (χ3n) is 9.15. The Hall–Kier alpha value is -4.01. The molecule has 2 saturated carbocycles. The van der Waals surface area contributed by atoms with Crippen molar-refractivity contribution < 1.29 is 37.1 Å². The van der Waals surface area contributed by atoms with E-state index in [0.29, 0.717) is 5.57 Å². The Balaban J connectivity index is 1.33. The van der Waals surface area contributed by atoms with Gasteiger partial charge in [0.25, 0.3) is 5.91 Å². The summed E-state index contributed by atoms with van der Waals surface area (Å²) < 4.78 is 40.6. The summed E-state index contributed by atoms with van der Waals surface area (Å²) in [7, 11) is -4.16. The molecule has 0 bridgehead atoms. The minimum Gasteiger partial charge on any atom is -0.446 e. The van der Waals surface area contributed by atoms with E-state index in [4.69, 9.17) is 9.47 Å². The van der Waals surface area contributed by atoms with Gasteiger partial charge in [-0.2, -0.15) is 12.7 Å². The lowest BCUT2D eigenvalue weighted by atomic mass is 10.1. The molecule has 0 radical (unpaired) electrons. The molecule has 14 heteroatoms. The maximum absolute atomic E-state index is 14.0. The van der Waals surface area contributed by atoms with Gasteiger partial charge in [0.15, 0.2) is 0 Å². The monoisotopic (exact) mass is 669 g/mol. The van der Waals surface area contributed by atoms with Gasteiger partial charge < -0.3 is 25.0 Å². The van der Waals surface area contributed by atoms with Crippen LogP contribution in [0.4, 0.5) is 4.79 Å². The van der Waals surface area contributed by atoms with E-state index in [2.05, 4.69) is 28.5 Å².